The number of amides is 2. The summed E-state index contributed by atoms with van der Waals surface area (Å²) in [5.74, 6) is -0.362. The second-order valence-electron chi connectivity index (χ2n) is 8.37. The van der Waals surface area contributed by atoms with E-state index < -0.39 is 0 Å². The molecular weight excluding hydrogens is 580 g/mol. The van der Waals surface area contributed by atoms with E-state index in [1.54, 1.807) is 4.57 Å². The first-order valence-corrected chi connectivity index (χ1v) is 12.6. The van der Waals surface area contributed by atoms with Crippen molar-refractivity contribution in [1.82, 2.24) is 20.2 Å². The number of nitrogens with zero attached hydrogens (tertiary/aromatic N) is 1. The summed E-state index contributed by atoms with van der Waals surface area (Å²) in [6.07, 6.45) is 0.697. The summed E-state index contributed by atoms with van der Waals surface area (Å²) >= 11 is 6.78. The first-order chi connectivity index (χ1) is 16.8. The van der Waals surface area contributed by atoms with Gasteiger partial charge >= 0.3 is 0 Å². The third-order valence-electron chi connectivity index (χ3n) is 6.20. The fourth-order valence-corrected chi connectivity index (χ4v) is 5.31. The lowest BCUT2D eigenvalue weighted by molar-refractivity contribution is 0.0940. The highest BCUT2D eigenvalue weighted by atomic mass is 79.9. The Balaban J connectivity index is 0.000000145. The highest BCUT2D eigenvalue weighted by Gasteiger charge is 2.28. The van der Waals surface area contributed by atoms with Crippen LogP contribution in [0, 0.1) is 0 Å². The molecule has 0 unspecified atom stereocenters. The molecule has 2 aromatic carbocycles. The molecule has 2 aromatic heterocycles. The number of carbonyl (C=O) groups is 4. The number of ketones is 2. The molecule has 2 aliphatic rings. The van der Waals surface area contributed by atoms with Gasteiger partial charge in [0.25, 0.3) is 11.8 Å². The average molecular weight is 600 g/mol. The van der Waals surface area contributed by atoms with Crippen LogP contribution in [0.5, 0.6) is 0 Å². The lowest BCUT2D eigenvalue weighted by Crippen LogP contribution is -2.24. The van der Waals surface area contributed by atoms with Gasteiger partial charge in [-0.05, 0) is 36.4 Å². The number of nitrogens with one attached hydrogen (secondary N) is 3. The van der Waals surface area contributed by atoms with Crippen molar-refractivity contribution in [2.45, 2.75) is 12.8 Å². The maximum absolute atomic E-state index is 12.2. The van der Waals surface area contributed by atoms with Crippen molar-refractivity contribution in [3.63, 3.8) is 0 Å². The Bertz CT molecular complexity index is 1570. The van der Waals surface area contributed by atoms with Crippen LogP contribution in [0.25, 0.3) is 21.8 Å². The Morgan fingerprint density at radius 3 is 2.09 bits per heavy atom. The smallest absolute Gasteiger partial charge is 0.268 e. The average Bonchev–Trinajstić information content (AvgIpc) is 3.23. The molecule has 0 saturated heterocycles. The van der Waals surface area contributed by atoms with Crippen LogP contribution in [-0.2, 0) is 7.05 Å². The molecule has 0 spiro atoms. The van der Waals surface area contributed by atoms with E-state index in [0.717, 1.165) is 30.8 Å². The zero-order valence-electron chi connectivity index (χ0n) is 18.6. The van der Waals surface area contributed by atoms with Crippen LogP contribution in [0.3, 0.4) is 0 Å². The highest BCUT2D eigenvalue weighted by Crippen LogP contribution is 2.30. The summed E-state index contributed by atoms with van der Waals surface area (Å²) in [7, 11) is 1.81. The lowest BCUT2D eigenvalue weighted by atomic mass is 10.1. The number of aromatic amines is 1. The molecule has 0 saturated carbocycles. The number of rotatable bonds is 0. The monoisotopic (exact) mass is 598 g/mol. The van der Waals surface area contributed by atoms with Crippen molar-refractivity contribution >= 4 is 77.0 Å². The Morgan fingerprint density at radius 2 is 1.37 bits per heavy atom. The van der Waals surface area contributed by atoms with Gasteiger partial charge in [0.2, 0.25) is 0 Å². The summed E-state index contributed by atoms with van der Waals surface area (Å²) in [6.45, 7) is 0.803. The maximum atomic E-state index is 12.2. The molecule has 2 amide bonds. The van der Waals surface area contributed by atoms with Crippen molar-refractivity contribution in [2.75, 3.05) is 13.1 Å². The number of fused-ring (bicyclic) bond motifs is 6. The van der Waals surface area contributed by atoms with Gasteiger partial charge in [-0.1, -0.05) is 31.9 Å². The molecule has 8 nitrogen and oxygen atoms in total. The van der Waals surface area contributed by atoms with Crippen LogP contribution in [0.15, 0.2) is 45.3 Å². The van der Waals surface area contributed by atoms with E-state index in [1.807, 2.05) is 43.4 Å². The van der Waals surface area contributed by atoms with Gasteiger partial charge < -0.3 is 20.2 Å². The van der Waals surface area contributed by atoms with E-state index in [0.29, 0.717) is 48.4 Å². The van der Waals surface area contributed by atoms with Gasteiger partial charge in [0, 0.05) is 63.7 Å². The van der Waals surface area contributed by atoms with Gasteiger partial charge in [0.1, 0.15) is 11.4 Å². The zero-order chi connectivity index (χ0) is 24.9. The van der Waals surface area contributed by atoms with Gasteiger partial charge in [0.15, 0.2) is 11.6 Å². The number of hydrogen-bond acceptors (Lipinski definition) is 4. The van der Waals surface area contributed by atoms with Gasteiger partial charge in [-0.3, -0.25) is 19.2 Å². The molecule has 4 heterocycles. The van der Waals surface area contributed by atoms with Crippen molar-refractivity contribution < 1.29 is 19.2 Å². The Kier molecular flexibility index (Phi) is 6.10. The minimum atomic E-state index is -0.210. The Morgan fingerprint density at radius 1 is 0.771 bits per heavy atom. The Labute approximate surface area is 216 Å². The number of H-pyrrole nitrogens is 1. The highest BCUT2D eigenvalue weighted by molar-refractivity contribution is 9.10. The SMILES string of the molecule is Cn1c2c(c3cc(Br)ccc31)C(=O)CCNC2=O.O=C1NCCC(=O)c2c1[nH]c1ccc(Br)cc21. The first kappa shape index (κ1) is 23.5. The molecule has 6 rings (SSSR count). The molecule has 35 heavy (non-hydrogen) atoms. The zero-order valence-corrected chi connectivity index (χ0v) is 21.8. The van der Waals surface area contributed by atoms with Gasteiger partial charge in [-0.25, -0.2) is 0 Å². The molecule has 0 atom stereocenters. The normalized spacial score (nSPS) is 15.5. The maximum Gasteiger partial charge on any atom is 0.268 e. The van der Waals surface area contributed by atoms with E-state index in [2.05, 4.69) is 47.5 Å². The molecular formula is C25H20Br2N4O4. The summed E-state index contributed by atoms with van der Waals surface area (Å²) in [4.78, 5) is 51.0. The Hall–Kier alpha value is -3.24. The second kappa shape index (κ2) is 9.09. The van der Waals surface area contributed by atoms with Crippen LogP contribution >= 0.6 is 31.9 Å². The number of hydrogen-bond donors (Lipinski definition) is 3. The molecule has 2 aliphatic heterocycles. The van der Waals surface area contributed by atoms with Crippen LogP contribution in [0.2, 0.25) is 0 Å². The topological polar surface area (TPSA) is 113 Å². The number of benzene rings is 2. The largest absolute Gasteiger partial charge is 0.350 e. The minimum absolute atomic E-state index is 0.00250. The fraction of sp³-hybridized carbons (Fsp3) is 0.200. The number of aryl methyl sites for hydroxylation is 1. The molecule has 0 radical (unpaired) electrons. The summed E-state index contributed by atoms with van der Waals surface area (Å²) < 4.78 is 3.58. The first-order valence-electron chi connectivity index (χ1n) is 11.0. The van der Waals surface area contributed by atoms with Gasteiger partial charge in [-0.2, -0.15) is 0 Å². The predicted octanol–water partition coefficient (Wildman–Crippen LogP) is 4.50. The number of carbonyl (C=O) groups excluding carboxylic acids is 4. The molecule has 0 aliphatic carbocycles. The number of halogens is 2. The molecule has 3 N–H and O–H groups in total. The van der Waals surface area contributed by atoms with Crippen LogP contribution in [-0.4, -0.2) is 46.0 Å². The fourth-order valence-electron chi connectivity index (χ4n) is 4.59. The molecule has 10 heteroatoms. The van der Waals surface area contributed by atoms with E-state index in [4.69, 9.17) is 0 Å². The van der Waals surface area contributed by atoms with E-state index in [-0.39, 0.29) is 23.4 Å². The number of aromatic nitrogens is 2. The lowest BCUT2D eigenvalue weighted by Gasteiger charge is -2.03. The quantitative estimate of drug-likeness (QED) is 0.276. The van der Waals surface area contributed by atoms with Crippen LogP contribution in [0.1, 0.15) is 54.5 Å². The van der Waals surface area contributed by atoms with Gasteiger partial charge in [-0.15, -0.1) is 0 Å². The van der Waals surface area contributed by atoms with E-state index in [1.165, 1.54) is 0 Å². The van der Waals surface area contributed by atoms with Crippen molar-refractivity contribution in [3.05, 3.63) is 67.9 Å². The minimum Gasteiger partial charge on any atom is -0.350 e. The van der Waals surface area contributed by atoms with Crippen LogP contribution < -0.4 is 10.6 Å². The third kappa shape index (κ3) is 4.10. The molecule has 0 fully saturated rings. The van der Waals surface area contributed by atoms with E-state index in [9.17, 15) is 19.2 Å². The summed E-state index contributed by atoms with van der Waals surface area (Å²) in [6, 6.07) is 11.3. The van der Waals surface area contributed by atoms with Crippen molar-refractivity contribution in [3.8, 4) is 0 Å². The third-order valence-corrected chi connectivity index (χ3v) is 7.18. The second-order valence-corrected chi connectivity index (χ2v) is 10.2. The molecule has 4 aromatic rings. The van der Waals surface area contributed by atoms with Crippen molar-refractivity contribution in [1.29, 1.82) is 0 Å². The molecule has 0 bridgehead atoms. The molecule has 178 valence electrons. The van der Waals surface area contributed by atoms with Crippen LogP contribution in [0.4, 0.5) is 0 Å². The predicted molar refractivity (Wildman–Crippen MR) is 139 cm³/mol. The summed E-state index contributed by atoms with van der Waals surface area (Å²) in [5, 5.41) is 7.10. The van der Waals surface area contributed by atoms with E-state index >= 15 is 0 Å². The van der Waals surface area contributed by atoms with Crippen molar-refractivity contribution in [2.24, 2.45) is 7.05 Å². The standard InChI is InChI=1S/C13H11BrN2O2.C12H9BrN2O2/c1-16-9-3-2-7(14)6-8(9)11-10(17)4-5-15-13(18)12(11)16;13-6-1-2-8-7(5-6)10-9(16)3-4-14-12(17)11(10)15-8/h2-3,6H,4-5H2,1H3,(H,15,18);1-2,5,15H,3-4H2,(H,14,17). The summed E-state index contributed by atoms with van der Waals surface area (Å²) in [5.41, 5.74) is 3.60. The van der Waals surface area contributed by atoms with Gasteiger partial charge in [0.05, 0.1) is 11.1 Å². The number of Topliss-reactive ketones (excluding diaryl/α,β-unsaturated/α-hetero) is 2.